The quantitative estimate of drug-likeness (QED) is 0.444. The number of aromatic hydroxyl groups is 1. The van der Waals surface area contributed by atoms with Gasteiger partial charge in [-0.2, -0.15) is 0 Å². The van der Waals surface area contributed by atoms with Crippen LogP contribution in [0.3, 0.4) is 0 Å². The van der Waals surface area contributed by atoms with E-state index in [1.807, 2.05) is 35.2 Å². The van der Waals surface area contributed by atoms with Crippen LogP contribution < -0.4 is 15.2 Å². The maximum absolute atomic E-state index is 14.1. The molecule has 2 aromatic carbocycles. The Morgan fingerprint density at radius 2 is 1.86 bits per heavy atom. The van der Waals surface area contributed by atoms with Crippen LogP contribution in [0.25, 0.3) is 0 Å². The van der Waals surface area contributed by atoms with E-state index < -0.39 is 16.7 Å². The lowest BCUT2D eigenvalue weighted by Gasteiger charge is -2.49. The van der Waals surface area contributed by atoms with Crippen molar-refractivity contribution in [1.29, 1.82) is 0 Å². The molecule has 37 heavy (non-hydrogen) atoms. The molecule has 3 aliphatic heterocycles. The fourth-order valence-corrected chi connectivity index (χ4v) is 7.50. The van der Waals surface area contributed by atoms with E-state index in [0.717, 1.165) is 58.8 Å². The summed E-state index contributed by atoms with van der Waals surface area (Å²) in [6, 6.07) is 15.6. The maximum atomic E-state index is 14.1. The molecule has 3 aromatic rings. The Labute approximate surface area is 218 Å². The molecular formula is C29H27N3O4S. The van der Waals surface area contributed by atoms with Crippen molar-refractivity contribution >= 4 is 17.7 Å². The molecule has 8 heteroatoms. The summed E-state index contributed by atoms with van der Waals surface area (Å²) in [5.41, 5.74) is 2.29. The highest BCUT2D eigenvalue weighted by atomic mass is 32.2. The van der Waals surface area contributed by atoms with Crippen molar-refractivity contribution in [3.8, 4) is 11.5 Å². The van der Waals surface area contributed by atoms with Crippen molar-refractivity contribution in [3.63, 3.8) is 0 Å². The molecule has 0 unspecified atom stereocenters. The third-order valence-corrected chi connectivity index (χ3v) is 9.30. The van der Waals surface area contributed by atoms with Crippen molar-refractivity contribution in [2.75, 3.05) is 18.3 Å². The van der Waals surface area contributed by atoms with E-state index >= 15 is 0 Å². The van der Waals surface area contributed by atoms with Gasteiger partial charge in [0, 0.05) is 28.5 Å². The Balaban J connectivity index is 1.56. The van der Waals surface area contributed by atoms with Crippen LogP contribution in [0.2, 0.25) is 0 Å². The first-order chi connectivity index (χ1) is 18.1. The van der Waals surface area contributed by atoms with E-state index in [-0.39, 0.29) is 17.6 Å². The highest BCUT2D eigenvalue weighted by Gasteiger charge is 2.47. The summed E-state index contributed by atoms with van der Waals surface area (Å²) in [7, 11) is 0. The van der Waals surface area contributed by atoms with Crippen molar-refractivity contribution in [2.24, 2.45) is 0 Å². The molecule has 4 heterocycles. The second kappa shape index (κ2) is 8.45. The highest BCUT2D eigenvalue weighted by molar-refractivity contribution is 7.98. The molecule has 1 aromatic heterocycles. The summed E-state index contributed by atoms with van der Waals surface area (Å²) in [6.45, 7) is 0.716. The van der Waals surface area contributed by atoms with Gasteiger partial charge in [-0.1, -0.05) is 49.2 Å². The number of benzene rings is 2. The highest BCUT2D eigenvalue weighted by Crippen LogP contribution is 2.48. The fraction of sp³-hybridized carbons (Fsp3) is 0.310. The van der Waals surface area contributed by atoms with Gasteiger partial charge in [-0.15, -0.1) is 11.8 Å². The van der Waals surface area contributed by atoms with E-state index in [9.17, 15) is 14.7 Å². The average molecular weight is 514 g/mol. The summed E-state index contributed by atoms with van der Waals surface area (Å²) in [5, 5.41) is 13.1. The van der Waals surface area contributed by atoms with Gasteiger partial charge in [0.1, 0.15) is 25.1 Å². The molecule has 1 fully saturated rings. The number of rotatable bonds is 0. The summed E-state index contributed by atoms with van der Waals surface area (Å²) in [4.78, 5) is 29.7. The normalized spacial score (nSPS) is 22.3. The number of fused-ring (bicyclic) bond motifs is 8. The van der Waals surface area contributed by atoms with Crippen molar-refractivity contribution < 1.29 is 14.6 Å². The minimum atomic E-state index is -0.553. The van der Waals surface area contributed by atoms with Gasteiger partial charge in [0.2, 0.25) is 5.43 Å². The zero-order chi connectivity index (χ0) is 25.1. The molecule has 188 valence electrons. The number of aromatic nitrogens is 1. The summed E-state index contributed by atoms with van der Waals surface area (Å²) in [5.74, 6) is 0.777. The van der Waals surface area contributed by atoms with Crippen LogP contribution >= 0.6 is 11.8 Å². The van der Waals surface area contributed by atoms with Gasteiger partial charge in [0.05, 0.1) is 5.54 Å². The van der Waals surface area contributed by atoms with Gasteiger partial charge in [-0.05, 0) is 42.2 Å². The standard InChI is InChI=1S/C29H27N3O4S/c33-21-11-15-31-26(27(21)34)28(35)30-18-32(31)25-20-8-1-2-10-23(20)37-17-19-7-5-9-22(24(19)25)36-16-6-14-29(30)12-3-4-13-29/h1-2,5-11,14-15,25,34H,3-4,12-13,16-18H2/b14-6+/t25-/m1/s1. The molecule has 1 N–H and O–H groups in total. The molecule has 7 rings (SSSR count). The van der Waals surface area contributed by atoms with Gasteiger partial charge < -0.3 is 14.7 Å². The Morgan fingerprint density at radius 1 is 1.03 bits per heavy atom. The summed E-state index contributed by atoms with van der Waals surface area (Å²) < 4.78 is 8.10. The number of pyridine rings is 1. The third-order valence-electron chi connectivity index (χ3n) is 8.16. The fourth-order valence-electron chi connectivity index (χ4n) is 6.41. The molecule has 1 atom stereocenters. The first kappa shape index (κ1) is 22.5. The summed E-state index contributed by atoms with van der Waals surface area (Å²) in [6.07, 6.45) is 9.43. The third kappa shape index (κ3) is 3.35. The maximum Gasteiger partial charge on any atom is 0.278 e. The first-order valence-electron chi connectivity index (χ1n) is 12.7. The lowest BCUT2D eigenvalue weighted by atomic mass is 9.92. The number of carbonyl (C=O) groups is 1. The zero-order valence-electron chi connectivity index (χ0n) is 20.3. The smallest absolute Gasteiger partial charge is 0.278 e. The number of ether oxygens (including phenoxy) is 1. The number of nitrogens with zero attached hydrogens (tertiary/aromatic N) is 3. The minimum Gasteiger partial charge on any atom is -0.502 e. The van der Waals surface area contributed by atoms with Crippen LogP contribution in [0.1, 0.15) is 58.9 Å². The molecule has 2 bridgehead atoms. The number of carbonyl (C=O) groups excluding carboxylic acids is 1. The van der Waals surface area contributed by atoms with Gasteiger partial charge >= 0.3 is 0 Å². The first-order valence-corrected chi connectivity index (χ1v) is 13.7. The number of thioether (sulfide) groups is 1. The van der Waals surface area contributed by atoms with Crippen molar-refractivity contribution in [3.05, 3.63) is 99.5 Å². The number of hydrogen-bond donors (Lipinski definition) is 1. The Kier molecular flexibility index (Phi) is 5.15. The van der Waals surface area contributed by atoms with Gasteiger partial charge in [-0.3, -0.25) is 19.3 Å². The van der Waals surface area contributed by atoms with Crippen LogP contribution in [0.5, 0.6) is 11.5 Å². The molecule has 1 aliphatic carbocycles. The largest absolute Gasteiger partial charge is 0.502 e. The van der Waals surface area contributed by atoms with Gasteiger partial charge in [0.15, 0.2) is 11.4 Å². The second-order valence-corrected chi connectivity index (χ2v) is 11.1. The molecule has 0 radical (unpaired) electrons. The average Bonchev–Trinajstić information content (AvgIpc) is 3.31. The molecular weight excluding hydrogens is 486 g/mol. The van der Waals surface area contributed by atoms with E-state index in [0.29, 0.717) is 13.3 Å². The Morgan fingerprint density at radius 3 is 2.73 bits per heavy atom. The van der Waals surface area contributed by atoms with E-state index in [2.05, 4.69) is 29.3 Å². The second-order valence-electron chi connectivity index (χ2n) is 10.1. The molecule has 4 aliphatic rings. The lowest BCUT2D eigenvalue weighted by Crippen LogP contribution is -2.61. The van der Waals surface area contributed by atoms with Crippen molar-refractivity contribution in [2.45, 2.75) is 47.9 Å². The van der Waals surface area contributed by atoms with Crippen LogP contribution in [0.15, 0.2) is 76.6 Å². The number of hydrogen-bond acceptors (Lipinski definition) is 6. The Bertz CT molecular complexity index is 1510. The SMILES string of the molecule is O=C1c2c(O)c(=O)ccn2N2CN1C1(/C=C/COc3cccc4c3[C@H]2c2ccccc2SC4)CCCC1. The number of amides is 1. The van der Waals surface area contributed by atoms with E-state index in [1.165, 1.54) is 6.07 Å². The minimum absolute atomic E-state index is 0.0204. The molecule has 7 nitrogen and oxygen atoms in total. The monoisotopic (exact) mass is 513 g/mol. The van der Waals surface area contributed by atoms with Gasteiger partial charge in [-0.25, -0.2) is 0 Å². The Hall–Kier alpha value is -3.65. The van der Waals surface area contributed by atoms with Crippen LogP contribution in [0, 0.1) is 0 Å². The van der Waals surface area contributed by atoms with Crippen molar-refractivity contribution in [1.82, 2.24) is 9.58 Å². The predicted molar refractivity (Wildman–Crippen MR) is 142 cm³/mol. The topological polar surface area (TPSA) is 75.0 Å². The molecule has 1 amide bonds. The van der Waals surface area contributed by atoms with Crippen LogP contribution in [0.4, 0.5) is 0 Å². The molecule has 1 saturated carbocycles. The van der Waals surface area contributed by atoms with Crippen LogP contribution in [-0.2, 0) is 5.75 Å². The zero-order valence-corrected chi connectivity index (χ0v) is 21.1. The van der Waals surface area contributed by atoms with E-state index in [4.69, 9.17) is 4.74 Å². The predicted octanol–water partition coefficient (Wildman–Crippen LogP) is 4.56. The van der Waals surface area contributed by atoms with E-state index in [1.54, 1.807) is 22.6 Å². The van der Waals surface area contributed by atoms with Gasteiger partial charge in [0.25, 0.3) is 5.91 Å². The van der Waals surface area contributed by atoms with Crippen LogP contribution in [-0.4, -0.2) is 39.4 Å². The molecule has 1 spiro atoms. The lowest BCUT2D eigenvalue weighted by molar-refractivity contribution is 0.0477. The molecule has 0 saturated heterocycles. The summed E-state index contributed by atoms with van der Waals surface area (Å²) >= 11 is 1.79.